The van der Waals surface area contributed by atoms with Crippen molar-refractivity contribution in [3.05, 3.63) is 28.2 Å². The van der Waals surface area contributed by atoms with Gasteiger partial charge in [0.2, 0.25) is 0 Å². The highest BCUT2D eigenvalue weighted by Crippen LogP contribution is 2.28. The quantitative estimate of drug-likeness (QED) is 0.926. The molecule has 0 amide bonds. The van der Waals surface area contributed by atoms with Crippen LogP contribution in [-0.4, -0.2) is 19.3 Å². The monoisotopic (exact) mass is 313 g/mol. The Labute approximate surface area is 117 Å². The molecular weight excluding hydrogens is 294 g/mol. The molecule has 4 heteroatoms. The second-order valence-electron chi connectivity index (χ2n) is 4.77. The van der Waals surface area contributed by atoms with E-state index in [-0.39, 0.29) is 12.1 Å². The molecule has 3 nitrogen and oxygen atoms in total. The van der Waals surface area contributed by atoms with Crippen LogP contribution in [0.25, 0.3) is 0 Å². The average molecular weight is 314 g/mol. The van der Waals surface area contributed by atoms with Gasteiger partial charge in [0.1, 0.15) is 12.4 Å². The summed E-state index contributed by atoms with van der Waals surface area (Å²) in [5.74, 6) is 0.863. The van der Waals surface area contributed by atoms with Crippen LogP contribution in [-0.2, 0) is 4.74 Å². The molecule has 1 aromatic carbocycles. The summed E-state index contributed by atoms with van der Waals surface area (Å²) in [7, 11) is 0. The van der Waals surface area contributed by atoms with E-state index in [9.17, 15) is 0 Å². The minimum atomic E-state index is -0.0372. The molecule has 1 aliphatic heterocycles. The first-order valence-corrected chi connectivity index (χ1v) is 7.25. The Kier molecular flexibility index (Phi) is 5.03. The van der Waals surface area contributed by atoms with Crippen molar-refractivity contribution in [2.75, 3.05) is 13.2 Å². The average Bonchev–Trinajstić information content (AvgIpc) is 2.38. The normalized spacial score (nSPS) is 21.6. The Morgan fingerprint density at radius 2 is 2.33 bits per heavy atom. The summed E-state index contributed by atoms with van der Waals surface area (Å²) >= 11 is 3.46. The molecule has 0 saturated carbocycles. The molecule has 0 aromatic heterocycles. The zero-order valence-electron chi connectivity index (χ0n) is 10.7. The van der Waals surface area contributed by atoms with Crippen molar-refractivity contribution in [2.45, 2.75) is 38.3 Å². The number of hydrogen-bond acceptors (Lipinski definition) is 3. The minimum absolute atomic E-state index is 0.0372. The Bertz CT molecular complexity index is 389. The van der Waals surface area contributed by atoms with Gasteiger partial charge in [-0.1, -0.05) is 15.9 Å². The fourth-order valence-corrected chi connectivity index (χ4v) is 2.51. The van der Waals surface area contributed by atoms with E-state index in [0.717, 1.165) is 28.8 Å². The fraction of sp³-hybridized carbons (Fsp3) is 0.571. The fourth-order valence-electron chi connectivity index (χ4n) is 2.13. The summed E-state index contributed by atoms with van der Waals surface area (Å²) in [5.41, 5.74) is 6.99. The molecule has 2 N–H and O–H groups in total. The zero-order chi connectivity index (χ0) is 13.0. The molecule has 0 radical (unpaired) electrons. The van der Waals surface area contributed by atoms with Gasteiger partial charge < -0.3 is 15.2 Å². The third kappa shape index (κ3) is 3.70. The molecule has 1 unspecified atom stereocenters. The van der Waals surface area contributed by atoms with Crippen molar-refractivity contribution in [3.63, 3.8) is 0 Å². The summed E-state index contributed by atoms with van der Waals surface area (Å²) < 4.78 is 12.5. The molecule has 0 spiro atoms. The molecule has 1 fully saturated rings. The molecule has 100 valence electrons. The van der Waals surface area contributed by atoms with Crippen molar-refractivity contribution < 1.29 is 9.47 Å². The number of rotatable bonds is 4. The summed E-state index contributed by atoms with van der Waals surface area (Å²) in [6, 6.07) is 5.92. The largest absolute Gasteiger partial charge is 0.491 e. The van der Waals surface area contributed by atoms with Gasteiger partial charge in [0.25, 0.3) is 0 Å². The van der Waals surface area contributed by atoms with E-state index >= 15 is 0 Å². The molecule has 2 rings (SSSR count). The molecule has 2 atom stereocenters. The first-order valence-electron chi connectivity index (χ1n) is 6.46. The number of halogens is 1. The van der Waals surface area contributed by atoms with Crippen LogP contribution >= 0.6 is 15.9 Å². The molecule has 0 aliphatic carbocycles. The molecular formula is C14H20BrNO2. The zero-order valence-corrected chi connectivity index (χ0v) is 12.3. The number of ether oxygens (including phenoxy) is 2. The van der Waals surface area contributed by atoms with Gasteiger partial charge in [-0.3, -0.25) is 0 Å². The van der Waals surface area contributed by atoms with Gasteiger partial charge in [0.05, 0.1) is 6.10 Å². The van der Waals surface area contributed by atoms with E-state index in [4.69, 9.17) is 15.2 Å². The SMILES string of the molecule is C[C@H](N)c1cc(Br)ccc1OCC1CCCCO1. The lowest BCUT2D eigenvalue weighted by atomic mass is 10.1. The van der Waals surface area contributed by atoms with Gasteiger partial charge in [0.15, 0.2) is 0 Å². The van der Waals surface area contributed by atoms with E-state index in [2.05, 4.69) is 15.9 Å². The highest BCUT2D eigenvalue weighted by atomic mass is 79.9. The van der Waals surface area contributed by atoms with Gasteiger partial charge in [0, 0.05) is 22.7 Å². The van der Waals surface area contributed by atoms with Crippen LogP contribution in [0.5, 0.6) is 5.75 Å². The van der Waals surface area contributed by atoms with E-state index in [0.29, 0.717) is 6.61 Å². The highest BCUT2D eigenvalue weighted by Gasteiger charge is 2.16. The molecule has 1 saturated heterocycles. The number of nitrogens with two attached hydrogens (primary N) is 1. The van der Waals surface area contributed by atoms with E-state index in [1.54, 1.807) is 0 Å². The van der Waals surface area contributed by atoms with Gasteiger partial charge >= 0.3 is 0 Å². The third-order valence-electron chi connectivity index (χ3n) is 3.16. The number of hydrogen-bond donors (Lipinski definition) is 1. The highest BCUT2D eigenvalue weighted by molar-refractivity contribution is 9.10. The van der Waals surface area contributed by atoms with Gasteiger partial charge in [-0.15, -0.1) is 0 Å². The smallest absolute Gasteiger partial charge is 0.124 e. The van der Waals surface area contributed by atoms with Crippen molar-refractivity contribution in [1.29, 1.82) is 0 Å². The molecule has 1 aliphatic rings. The van der Waals surface area contributed by atoms with Gasteiger partial charge in [-0.05, 0) is 44.4 Å². The molecule has 18 heavy (non-hydrogen) atoms. The maximum Gasteiger partial charge on any atom is 0.124 e. The van der Waals surface area contributed by atoms with E-state index in [1.807, 2.05) is 25.1 Å². The second kappa shape index (κ2) is 6.55. The predicted molar refractivity (Wildman–Crippen MR) is 75.8 cm³/mol. The van der Waals surface area contributed by atoms with Gasteiger partial charge in [-0.2, -0.15) is 0 Å². The van der Waals surface area contributed by atoms with Crippen LogP contribution in [0, 0.1) is 0 Å². The Morgan fingerprint density at radius 3 is 3.00 bits per heavy atom. The number of benzene rings is 1. The molecule has 0 bridgehead atoms. The Morgan fingerprint density at radius 1 is 1.50 bits per heavy atom. The van der Waals surface area contributed by atoms with E-state index < -0.39 is 0 Å². The van der Waals surface area contributed by atoms with Crippen LogP contribution in [0.4, 0.5) is 0 Å². The van der Waals surface area contributed by atoms with E-state index in [1.165, 1.54) is 12.8 Å². The standard InChI is InChI=1S/C14H20BrNO2/c1-10(16)13-8-11(15)5-6-14(13)18-9-12-4-2-3-7-17-12/h5-6,8,10,12H,2-4,7,9,16H2,1H3/t10-,12?/m0/s1. The Hall–Kier alpha value is -0.580. The van der Waals surface area contributed by atoms with Crippen LogP contribution in [0.3, 0.4) is 0 Å². The lowest BCUT2D eigenvalue weighted by Crippen LogP contribution is -2.26. The van der Waals surface area contributed by atoms with Crippen LogP contribution < -0.4 is 10.5 Å². The maximum atomic E-state index is 5.96. The summed E-state index contributed by atoms with van der Waals surface area (Å²) in [5, 5.41) is 0. The summed E-state index contributed by atoms with van der Waals surface area (Å²) in [6.45, 7) is 3.43. The molecule has 1 aromatic rings. The molecule has 1 heterocycles. The lowest BCUT2D eigenvalue weighted by Gasteiger charge is -2.23. The van der Waals surface area contributed by atoms with Crippen molar-refractivity contribution >= 4 is 15.9 Å². The second-order valence-corrected chi connectivity index (χ2v) is 5.69. The van der Waals surface area contributed by atoms with Crippen molar-refractivity contribution in [2.24, 2.45) is 5.73 Å². The van der Waals surface area contributed by atoms with Crippen molar-refractivity contribution in [3.8, 4) is 5.75 Å². The van der Waals surface area contributed by atoms with Crippen LogP contribution in [0.15, 0.2) is 22.7 Å². The Balaban J connectivity index is 1.99. The van der Waals surface area contributed by atoms with Gasteiger partial charge in [-0.25, -0.2) is 0 Å². The minimum Gasteiger partial charge on any atom is -0.491 e. The predicted octanol–water partition coefficient (Wildman–Crippen LogP) is 3.42. The summed E-state index contributed by atoms with van der Waals surface area (Å²) in [6.07, 6.45) is 3.71. The van der Waals surface area contributed by atoms with Crippen molar-refractivity contribution in [1.82, 2.24) is 0 Å². The maximum absolute atomic E-state index is 5.96. The first-order chi connectivity index (χ1) is 8.66. The van der Waals surface area contributed by atoms with Crippen LogP contribution in [0.2, 0.25) is 0 Å². The van der Waals surface area contributed by atoms with Crippen LogP contribution in [0.1, 0.15) is 37.8 Å². The topological polar surface area (TPSA) is 44.5 Å². The lowest BCUT2D eigenvalue weighted by molar-refractivity contribution is -0.0112. The first kappa shape index (κ1) is 13.8. The summed E-state index contributed by atoms with van der Waals surface area (Å²) in [4.78, 5) is 0. The third-order valence-corrected chi connectivity index (χ3v) is 3.65.